The van der Waals surface area contributed by atoms with Crippen molar-refractivity contribution in [1.82, 2.24) is 24.4 Å². The van der Waals surface area contributed by atoms with Gasteiger partial charge in [-0.25, -0.2) is 9.97 Å². The number of aromatic nitrogens is 4. The second-order valence-corrected chi connectivity index (χ2v) is 7.46. The Hall–Kier alpha value is -3.35. The predicted octanol–water partition coefficient (Wildman–Crippen LogP) is 1.96. The van der Waals surface area contributed by atoms with Gasteiger partial charge in [0.1, 0.15) is 6.33 Å². The van der Waals surface area contributed by atoms with Crippen LogP contribution in [-0.2, 0) is 6.54 Å². The van der Waals surface area contributed by atoms with Gasteiger partial charge in [-0.15, -0.1) is 0 Å². The van der Waals surface area contributed by atoms with E-state index in [4.69, 9.17) is 0 Å². The fraction of sp³-hybridized carbons (Fsp3) is 0.286. The lowest BCUT2D eigenvalue weighted by atomic mass is 9.82. The molecule has 3 aromatic heterocycles. The largest absolute Gasteiger partial charge is 0.338 e. The summed E-state index contributed by atoms with van der Waals surface area (Å²) in [4.78, 5) is 39.9. The third kappa shape index (κ3) is 2.79. The number of carbonyl (C=O) groups excluding carboxylic acids is 1. The van der Waals surface area contributed by atoms with E-state index in [0.717, 1.165) is 17.7 Å². The molecule has 7 nitrogen and oxygen atoms in total. The second-order valence-electron chi connectivity index (χ2n) is 7.46. The molecule has 2 aliphatic heterocycles. The maximum absolute atomic E-state index is 13.1. The topological polar surface area (TPSA) is 81.0 Å². The fourth-order valence-electron chi connectivity index (χ4n) is 4.45. The van der Waals surface area contributed by atoms with E-state index in [1.54, 1.807) is 36.9 Å². The molecule has 5 heterocycles. The highest BCUT2D eigenvalue weighted by Crippen LogP contribution is 2.36. The van der Waals surface area contributed by atoms with Crippen molar-refractivity contribution in [2.45, 2.75) is 18.9 Å². The van der Waals surface area contributed by atoms with E-state index in [-0.39, 0.29) is 23.3 Å². The van der Waals surface area contributed by atoms with Crippen molar-refractivity contribution in [3.05, 3.63) is 77.0 Å². The highest BCUT2D eigenvalue weighted by atomic mass is 16.2. The highest BCUT2D eigenvalue weighted by molar-refractivity contribution is 5.94. The number of hydrogen-bond donors (Lipinski definition) is 0. The fourth-order valence-corrected chi connectivity index (χ4v) is 4.45. The number of pyridine rings is 2. The van der Waals surface area contributed by atoms with Crippen LogP contribution in [0.5, 0.6) is 0 Å². The van der Waals surface area contributed by atoms with Crippen LogP contribution in [0.1, 0.15) is 28.4 Å². The Balaban J connectivity index is 1.47. The number of nitrogens with zero attached hydrogens (tertiary/aromatic N) is 5. The smallest absolute Gasteiger partial charge is 0.258 e. The maximum atomic E-state index is 13.1. The summed E-state index contributed by atoms with van der Waals surface area (Å²) in [6.07, 6.45) is 9.07. The average molecular weight is 373 g/mol. The van der Waals surface area contributed by atoms with Crippen LogP contribution < -0.4 is 5.56 Å². The van der Waals surface area contributed by atoms with Gasteiger partial charge < -0.3 is 9.47 Å². The molecule has 28 heavy (non-hydrogen) atoms. The quantitative estimate of drug-likeness (QED) is 0.686. The van der Waals surface area contributed by atoms with Gasteiger partial charge in [0, 0.05) is 67.2 Å². The number of hydrogen-bond acceptors (Lipinski definition) is 5. The van der Waals surface area contributed by atoms with Gasteiger partial charge in [-0.1, -0.05) is 0 Å². The van der Waals surface area contributed by atoms with Gasteiger partial charge >= 0.3 is 0 Å². The van der Waals surface area contributed by atoms with Crippen LogP contribution in [0, 0.1) is 5.92 Å². The molecule has 0 aromatic carbocycles. The molecule has 2 bridgehead atoms. The first kappa shape index (κ1) is 16.8. The molecule has 1 saturated heterocycles. The van der Waals surface area contributed by atoms with Gasteiger partial charge in [-0.3, -0.25) is 14.6 Å². The lowest BCUT2D eigenvalue weighted by molar-refractivity contribution is 0.0594. The standard InChI is InChI=1S/C21H19N5O2/c27-20(15-3-5-22-6-4-15)25-10-14-7-16(12-25)19-2-1-18(21(28)26(19)11-14)17-8-23-13-24-9-17/h1-6,8-9,13-14,16H,7,10-12H2. The minimum Gasteiger partial charge on any atom is -0.338 e. The van der Waals surface area contributed by atoms with Gasteiger partial charge in [0.05, 0.1) is 5.56 Å². The summed E-state index contributed by atoms with van der Waals surface area (Å²) in [6.45, 7) is 1.93. The number of carbonyl (C=O) groups is 1. The van der Waals surface area contributed by atoms with Crippen LogP contribution in [0.2, 0.25) is 0 Å². The van der Waals surface area contributed by atoms with Crippen molar-refractivity contribution in [3.63, 3.8) is 0 Å². The summed E-state index contributed by atoms with van der Waals surface area (Å²) in [6, 6.07) is 7.38. The summed E-state index contributed by atoms with van der Waals surface area (Å²) in [5.41, 5.74) is 3.01. The van der Waals surface area contributed by atoms with Gasteiger partial charge in [-0.2, -0.15) is 0 Å². The summed E-state index contributed by atoms with van der Waals surface area (Å²) in [7, 11) is 0. The monoisotopic (exact) mass is 373 g/mol. The van der Waals surface area contributed by atoms with Gasteiger partial charge in [0.25, 0.3) is 11.5 Å². The Morgan fingerprint density at radius 2 is 1.75 bits per heavy atom. The molecule has 0 N–H and O–H groups in total. The molecule has 140 valence electrons. The molecule has 7 heteroatoms. The predicted molar refractivity (Wildman–Crippen MR) is 103 cm³/mol. The summed E-state index contributed by atoms with van der Waals surface area (Å²) < 4.78 is 1.88. The lowest BCUT2D eigenvalue weighted by Gasteiger charge is -2.43. The van der Waals surface area contributed by atoms with Gasteiger partial charge in [-0.05, 0) is 36.6 Å². The maximum Gasteiger partial charge on any atom is 0.258 e. The number of likely N-dealkylation sites (tertiary alicyclic amines) is 1. The number of fused-ring (bicyclic) bond motifs is 4. The summed E-state index contributed by atoms with van der Waals surface area (Å²) >= 11 is 0. The first-order valence-corrected chi connectivity index (χ1v) is 9.39. The molecule has 0 aliphatic carbocycles. The molecule has 1 fully saturated rings. The van der Waals surface area contributed by atoms with Gasteiger partial charge in [0.15, 0.2) is 0 Å². The molecular formula is C21H19N5O2. The summed E-state index contributed by atoms with van der Waals surface area (Å²) in [5, 5.41) is 0. The number of amides is 1. The van der Waals surface area contributed by atoms with E-state index >= 15 is 0 Å². The van der Waals surface area contributed by atoms with Crippen LogP contribution >= 0.6 is 0 Å². The molecule has 2 unspecified atom stereocenters. The van der Waals surface area contributed by atoms with Crippen molar-refractivity contribution in [1.29, 1.82) is 0 Å². The van der Waals surface area contributed by atoms with E-state index in [0.29, 0.717) is 30.8 Å². The van der Waals surface area contributed by atoms with E-state index in [1.807, 2.05) is 21.6 Å². The SMILES string of the molecule is O=C(c1ccncc1)N1CC2CC(C1)c1ccc(-c3cncnc3)c(=O)n1C2. The minimum absolute atomic E-state index is 0.00379. The molecule has 2 aliphatic rings. The first-order valence-electron chi connectivity index (χ1n) is 9.39. The van der Waals surface area contributed by atoms with Crippen LogP contribution in [0.25, 0.3) is 11.1 Å². The molecule has 5 rings (SSSR count). The van der Waals surface area contributed by atoms with E-state index in [2.05, 4.69) is 15.0 Å². The number of piperidine rings is 1. The lowest BCUT2D eigenvalue weighted by Crippen LogP contribution is -2.49. The van der Waals surface area contributed by atoms with Crippen LogP contribution in [0.3, 0.4) is 0 Å². The molecule has 3 aromatic rings. The molecule has 0 radical (unpaired) electrons. The third-order valence-electron chi connectivity index (χ3n) is 5.69. The zero-order valence-electron chi connectivity index (χ0n) is 15.2. The Kier molecular flexibility index (Phi) is 4.00. The van der Waals surface area contributed by atoms with Crippen molar-refractivity contribution in [3.8, 4) is 11.1 Å². The zero-order valence-corrected chi connectivity index (χ0v) is 15.2. The first-order chi connectivity index (χ1) is 13.7. The Morgan fingerprint density at radius 3 is 2.54 bits per heavy atom. The van der Waals surface area contributed by atoms with E-state index in [9.17, 15) is 9.59 Å². The molecule has 0 saturated carbocycles. The molecule has 0 spiro atoms. The van der Waals surface area contributed by atoms with Crippen LogP contribution in [0.4, 0.5) is 0 Å². The Morgan fingerprint density at radius 1 is 0.964 bits per heavy atom. The molecule has 2 atom stereocenters. The minimum atomic E-state index is -0.00379. The van der Waals surface area contributed by atoms with E-state index < -0.39 is 0 Å². The van der Waals surface area contributed by atoms with Crippen LogP contribution in [-0.4, -0.2) is 43.4 Å². The summed E-state index contributed by atoms with van der Waals surface area (Å²) in [5.74, 6) is 0.482. The Bertz CT molecular complexity index is 1080. The van der Waals surface area contributed by atoms with Crippen molar-refractivity contribution >= 4 is 5.91 Å². The highest BCUT2D eigenvalue weighted by Gasteiger charge is 2.36. The van der Waals surface area contributed by atoms with Crippen molar-refractivity contribution < 1.29 is 4.79 Å². The third-order valence-corrected chi connectivity index (χ3v) is 5.69. The normalized spacial score (nSPS) is 20.5. The van der Waals surface area contributed by atoms with E-state index in [1.165, 1.54) is 6.33 Å². The van der Waals surface area contributed by atoms with Gasteiger partial charge in [0.2, 0.25) is 0 Å². The number of rotatable bonds is 2. The molecular weight excluding hydrogens is 354 g/mol. The van der Waals surface area contributed by atoms with Crippen molar-refractivity contribution in [2.24, 2.45) is 5.92 Å². The average Bonchev–Trinajstić information content (AvgIpc) is 2.75. The second kappa shape index (κ2) is 6.67. The Labute approximate surface area is 161 Å². The molecule has 1 amide bonds. The van der Waals surface area contributed by atoms with Crippen molar-refractivity contribution in [2.75, 3.05) is 13.1 Å². The zero-order chi connectivity index (χ0) is 19.1. The van der Waals surface area contributed by atoms with Crippen LogP contribution in [0.15, 0.2) is 60.2 Å².